The van der Waals surface area contributed by atoms with Crippen molar-refractivity contribution in [3.63, 3.8) is 0 Å². The molecule has 1 heterocycles. The normalized spacial score (nSPS) is 19.8. The largest absolute Gasteiger partial charge is 0.312 e. The van der Waals surface area contributed by atoms with Gasteiger partial charge in [-0.1, -0.05) is 25.5 Å². The van der Waals surface area contributed by atoms with Gasteiger partial charge in [0.25, 0.3) is 0 Å². The van der Waals surface area contributed by atoms with Crippen molar-refractivity contribution in [3.8, 4) is 0 Å². The van der Waals surface area contributed by atoms with Crippen LogP contribution in [0, 0.1) is 11.8 Å². The Balaban J connectivity index is 1.54. The summed E-state index contributed by atoms with van der Waals surface area (Å²) in [5.41, 5.74) is 6.98. The smallest absolute Gasteiger partial charge is 0.243 e. The predicted molar refractivity (Wildman–Crippen MR) is 94.5 cm³/mol. The van der Waals surface area contributed by atoms with E-state index in [4.69, 9.17) is 0 Å². The predicted octanol–water partition coefficient (Wildman–Crippen LogP) is 1.94. The van der Waals surface area contributed by atoms with E-state index in [1.165, 1.54) is 5.56 Å². The van der Waals surface area contributed by atoms with Crippen LogP contribution in [0.4, 0.5) is 5.69 Å². The first kappa shape index (κ1) is 17.5. The molecule has 3 amide bonds. The third-order valence-electron chi connectivity index (χ3n) is 4.82. The molecule has 0 bridgehead atoms. The number of carbonyl (C=O) groups is 3. The maximum Gasteiger partial charge on any atom is 0.243 e. The monoisotopic (exact) mass is 343 g/mol. The Morgan fingerprint density at radius 1 is 1.08 bits per heavy atom. The lowest BCUT2D eigenvalue weighted by Crippen LogP contribution is -2.45. The number of nitrogens with one attached hydrogen (secondary N) is 2. The summed E-state index contributed by atoms with van der Waals surface area (Å²) in [5, 5.41) is 0. The van der Waals surface area contributed by atoms with E-state index in [1.807, 2.05) is 24.3 Å². The van der Waals surface area contributed by atoms with Gasteiger partial charge in [-0.15, -0.1) is 0 Å². The molecule has 1 saturated carbocycles. The fourth-order valence-electron chi connectivity index (χ4n) is 3.03. The number of carbonyl (C=O) groups excluding carboxylic acids is 3. The molecule has 2 aliphatic rings. The lowest BCUT2D eigenvalue weighted by Gasteiger charge is -2.17. The minimum atomic E-state index is -0.438. The first-order valence-electron chi connectivity index (χ1n) is 9.07. The van der Waals surface area contributed by atoms with Crippen molar-refractivity contribution < 1.29 is 14.4 Å². The molecule has 0 spiro atoms. The summed E-state index contributed by atoms with van der Waals surface area (Å²) >= 11 is 0. The number of amides is 3. The summed E-state index contributed by atoms with van der Waals surface area (Å²) in [6.07, 6.45) is 5.27. The van der Waals surface area contributed by atoms with Crippen LogP contribution in [0.5, 0.6) is 0 Å². The lowest BCUT2D eigenvalue weighted by atomic mass is 10.1. The molecule has 6 heteroatoms. The van der Waals surface area contributed by atoms with E-state index < -0.39 is 5.92 Å². The van der Waals surface area contributed by atoms with Gasteiger partial charge in [0.2, 0.25) is 17.7 Å². The standard InChI is InChI=1S/C19H25N3O3/c1-2-3-4-13-5-9-16(10-6-13)22-12-15(11-17(22)23)19(25)21-20-18(24)14-7-8-14/h5-6,9-10,14-15H,2-4,7-8,11-12H2,1H3,(H,20,24)(H,21,25). The molecule has 3 rings (SSSR count). The number of unbranched alkanes of at least 4 members (excludes halogenated alkanes) is 1. The van der Waals surface area contributed by atoms with Crippen molar-refractivity contribution in [2.75, 3.05) is 11.4 Å². The fourth-order valence-corrected chi connectivity index (χ4v) is 3.03. The van der Waals surface area contributed by atoms with Gasteiger partial charge in [-0.3, -0.25) is 25.2 Å². The second-order valence-electron chi connectivity index (χ2n) is 6.93. The average Bonchev–Trinajstić information content (AvgIpc) is 3.40. The van der Waals surface area contributed by atoms with Gasteiger partial charge in [0.1, 0.15) is 0 Å². The second kappa shape index (κ2) is 7.68. The zero-order valence-corrected chi connectivity index (χ0v) is 14.6. The van der Waals surface area contributed by atoms with Gasteiger partial charge >= 0.3 is 0 Å². The maximum absolute atomic E-state index is 12.3. The minimum Gasteiger partial charge on any atom is -0.312 e. The molecule has 1 unspecified atom stereocenters. The fraction of sp³-hybridized carbons (Fsp3) is 0.526. The summed E-state index contributed by atoms with van der Waals surface area (Å²) in [4.78, 5) is 37.7. The number of hydrogen-bond acceptors (Lipinski definition) is 3. The van der Waals surface area contributed by atoms with Gasteiger partial charge in [0.15, 0.2) is 0 Å². The Hall–Kier alpha value is -2.37. The zero-order valence-electron chi connectivity index (χ0n) is 14.6. The summed E-state index contributed by atoms with van der Waals surface area (Å²) < 4.78 is 0. The number of benzene rings is 1. The third-order valence-corrected chi connectivity index (χ3v) is 4.82. The molecule has 0 radical (unpaired) electrons. The first-order valence-corrected chi connectivity index (χ1v) is 9.07. The van der Waals surface area contributed by atoms with E-state index in [9.17, 15) is 14.4 Å². The number of anilines is 1. The molecule has 25 heavy (non-hydrogen) atoms. The van der Waals surface area contributed by atoms with Crippen LogP contribution in [0.25, 0.3) is 0 Å². The number of hydrazine groups is 1. The minimum absolute atomic E-state index is 0.0354. The second-order valence-corrected chi connectivity index (χ2v) is 6.93. The van der Waals surface area contributed by atoms with E-state index in [-0.39, 0.29) is 30.1 Å². The van der Waals surface area contributed by atoms with Gasteiger partial charge < -0.3 is 4.90 Å². The summed E-state index contributed by atoms with van der Waals surface area (Å²) in [6.45, 7) is 2.51. The van der Waals surface area contributed by atoms with Gasteiger partial charge in [0.05, 0.1) is 5.92 Å². The van der Waals surface area contributed by atoms with Crippen LogP contribution >= 0.6 is 0 Å². The topological polar surface area (TPSA) is 78.5 Å². The Morgan fingerprint density at radius 3 is 2.32 bits per heavy atom. The number of aryl methyl sites for hydroxylation is 1. The Bertz CT molecular complexity index is 652. The molecule has 2 fully saturated rings. The highest BCUT2D eigenvalue weighted by molar-refractivity contribution is 6.00. The molecule has 1 saturated heterocycles. The molecule has 1 aromatic carbocycles. The van der Waals surface area contributed by atoms with E-state index in [0.29, 0.717) is 6.54 Å². The summed E-state index contributed by atoms with van der Waals surface area (Å²) in [6, 6.07) is 7.97. The average molecular weight is 343 g/mol. The molecular weight excluding hydrogens is 318 g/mol. The zero-order chi connectivity index (χ0) is 17.8. The highest BCUT2D eigenvalue weighted by atomic mass is 16.2. The number of nitrogens with zero attached hydrogens (tertiary/aromatic N) is 1. The van der Waals surface area contributed by atoms with Crippen molar-refractivity contribution in [1.82, 2.24) is 10.9 Å². The lowest BCUT2D eigenvalue weighted by molar-refractivity contribution is -0.131. The molecular formula is C19H25N3O3. The van der Waals surface area contributed by atoms with E-state index in [1.54, 1.807) is 4.90 Å². The Labute approximate surface area is 147 Å². The number of rotatable bonds is 6. The van der Waals surface area contributed by atoms with Gasteiger partial charge in [-0.2, -0.15) is 0 Å². The van der Waals surface area contributed by atoms with Crippen molar-refractivity contribution >= 4 is 23.4 Å². The van der Waals surface area contributed by atoms with Crippen LogP contribution in [0.15, 0.2) is 24.3 Å². The molecule has 1 atom stereocenters. The Morgan fingerprint density at radius 2 is 1.72 bits per heavy atom. The van der Waals surface area contributed by atoms with Crippen molar-refractivity contribution in [2.45, 2.75) is 45.4 Å². The molecule has 1 aromatic rings. The molecule has 0 aromatic heterocycles. The Kier molecular flexibility index (Phi) is 5.36. The van der Waals surface area contributed by atoms with E-state index >= 15 is 0 Å². The van der Waals surface area contributed by atoms with Crippen molar-refractivity contribution in [1.29, 1.82) is 0 Å². The van der Waals surface area contributed by atoms with Crippen LogP contribution in [0.3, 0.4) is 0 Å². The summed E-state index contributed by atoms with van der Waals surface area (Å²) in [7, 11) is 0. The quantitative estimate of drug-likeness (QED) is 0.775. The van der Waals surface area contributed by atoms with Crippen LogP contribution in [-0.4, -0.2) is 24.3 Å². The van der Waals surface area contributed by atoms with E-state index in [0.717, 1.165) is 37.8 Å². The van der Waals surface area contributed by atoms with Crippen LogP contribution in [-0.2, 0) is 20.8 Å². The van der Waals surface area contributed by atoms with Gasteiger partial charge in [-0.05, 0) is 43.4 Å². The molecule has 134 valence electrons. The molecule has 1 aliphatic heterocycles. The first-order chi connectivity index (χ1) is 12.1. The maximum atomic E-state index is 12.3. The SMILES string of the molecule is CCCCc1ccc(N2CC(C(=O)NNC(=O)C3CC3)CC2=O)cc1. The van der Waals surface area contributed by atoms with Gasteiger partial charge in [0, 0.05) is 24.6 Å². The van der Waals surface area contributed by atoms with Crippen molar-refractivity contribution in [2.24, 2.45) is 11.8 Å². The molecule has 2 N–H and O–H groups in total. The highest BCUT2D eigenvalue weighted by Gasteiger charge is 2.36. The van der Waals surface area contributed by atoms with Crippen LogP contribution in [0.1, 0.15) is 44.6 Å². The molecule has 6 nitrogen and oxygen atoms in total. The van der Waals surface area contributed by atoms with Crippen molar-refractivity contribution in [3.05, 3.63) is 29.8 Å². The van der Waals surface area contributed by atoms with Crippen LogP contribution in [0.2, 0.25) is 0 Å². The van der Waals surface area contributed by atoms with Gasteiger partial charge in [-0.25, -0.2) is 0 Å². The highest BCUT2D eigenvalue weighted by Crippen LogP contribution is 2.28. The number of hydrogen-bond donors (Lipinski definition) is 2. The molecule has 1 aliphatic carbocycles. The summed E-state index contributed by atoms with van der Waals surface area (Å²) in [5.74, 6) is -0.906. The third kappa shape index (κ3) is 4.38. The van der Waals surface area contributed by atoms with E-state index in [2.05, 4.69) is 17.8 Å². The van der Waals surface area contributed by atoms with Crippen LogP contribution < -0.4 is 15.8 Å².